The number of halogens is 1. The van der Waals surface area contributed by atoms with Gasteiger partial charge in [0.25, 0.3) is 0 Å². The van der Waals surface area contributed by atoms with Crippen LogP contribution in [0.25, 0.3) is 5.69 Å². The minimum Gasteiger partial charge on any atom is -0.333 e. The SMILES string of the molecule is CCN(CC(=O)Nc1cc(C(C)(C)C)nn1-c1ccc(Cl)cc1)C(=O)Cc1cccs1. The highest BCUT2D eigenvalue weighted by Crippen LogP contribution is 2.27. The molecule has 2 aromatic heterocycles. The summed E-state index contributed by atoms with van der Waals surface area (Å²) in [5.41, 5.74) is 1.44. The van der Waals surface area contributed by atoms with E-state index in [0.29, 0.717) is 23.8 Å². The number of nitrogens with zero attached hydrogens (tertiary/aromatic N) is 3. The third-order valence-electron chi connectivity index (χ3n) is 4.79. The predicted molar refractivity (Wildman–Crippen MR) is 126 cm³/mol. The van der Waals surface area contributed by atoms with E-state index in [2.05, 4.69) is 26.1 Å². The third kappa shape index (κ3) is 5.95. The van der Waals surface area contributed by atoms with Gasteiger partial charge in [0.05, 0.1) is 24.3 Å². The van der Waals surface area contributed by atoms with Gasteiger partial charge < -0.3 is 10.2 Å². The fourth-order valence-electron chi connectivity index (χ4n) is 3.02. The molecule has 2 heterocycles. The molecule has 0 aliphatic rings. The van der Waals surface area contributed by atoms with E-state index in [4.69, 9.17) is 16.7 Å². The summed E-state index contributed by atoms with van der Waals surface area (Å²) in [5.74, 6) is 0.220. The number of carbonyl (C=O) groups excluding carboxylic acids is 2. The van der Waals surface area contributed by atoms with Crippen LogP contribution in [0.2, 0.25) is 5.02 Å². The number of rotatable bonds is 7. The van der Waals surface area contributed by atoms with Crippen LogP contribution in [0.15, 0.2) is 47.8 Å². The van der Waals surface area contributed by atoms with Crippen LogP contribution in [0.5, 0.6) is 0 Å². The standard InChI is InChI=1S/C23H27ClN4O2S/c1-5-27(22(30)13-18-7-6-12-31-18)15-21(29)25-20-14-19(23(2,3)4)26-28(20)17-10-8-16(24)9-11-17/h6-12,14H,5,13,15H2,1-4H3,(H,25,29). The zero-order valence-electron chi connectivity index (χ0n) is 18.2. The van der Waals surface area contributed by atoms with Crippen molar-refractivity contribution in [1.82, 2.24) is 14.7 Å². The minimum absolute atomic E-state index is 0.0165. The first-order valence-corrected chi connectivity index (χ1v) is 11.4. The van der Waals surface area contributed by atoms with Crippen molar-refractivity contribution in [3.8, 4) is 5.69 Å². The van der Waals surface area contributed by atoms with Crippen LogP contribution < -0.4 is 5.32 Å². The molecule has 8 heteroatoms. The van der Waals surface area contributed by atoms with Crippen LogP contribution in [0, 0.1) is 0 Å². The number of likely N-dealkylation sites (N-methyl/N-ethyl adjacent to an activating group) is 1. The van der Waals surface area contributed by atoms with Gasteiger partial charge in [0.2, 0.25) is 11.8 Å². The molecule has 31 heavy (non-hydrogen) atoms. The van der Waals surface area contributed by atoms with Crippen LogP contribution in [0.1, 0.15) is 38.3 Å². The third-order valence-corrected chi connectivity index (χ3v) is 5.92. The Balaban J connectivity index is 1.78. The second kappa shape index (κ2) is 9.66. The molecule has 0 unspecified atom stereocenters. The summed E-state index contributed by atoms with van der Waals surface area (Å²) in [5, 5.41) is 10.2. The van der Waals surface area contributed by atoms with Crippen LogP contribution in [-0.4, -0.2) is 39.6 Å². The fraction of sp³-hybridized carbons (Fsp3) is 0.348. The van der Waals surface area contributed by atoms with Gasteiger partial charge in [0, 0.05) is 27.9 Å². The lowest BCUT2D eigenvalue weighted by Crippen LogP contribution is -2.38. The molecule has 0 aliphatic heterocycles. The zero-order valence-corrected chi connectivity index (χ0v) is 19.8. The molecule has 0 atom stereocenters. The van der Waals surface area contributed by atoms with Gasteiger partial charge in [-0.2, -0.15) is 5.10 Å². The van der Waals surface area contributed by atoms with Crippen molar-refractivity contribution >= 4 is 40.6 Å². The number of aromatic nitrogens is 2. The van der Waals surface area contributed by atoms with E-state index in [0.717, 1.165) is 16.3 Å². The molecule has 1 N–H and O–H groups in total. The van der Waals surface area contributed by atoms with Gasteiger partial charge in [-0.05, 0) is 42.6 Å². The molecule has 3 aromatic rings. The second-order valence-corrected chi connectivity index (χ2v) is 9.73. The topological polar surface area (TPSA) is 67.2 Å². The molecular weight excluding hydrogens is 432 g/mol. The van der Waals surface area contributed by atoms with Crippen molar-refractivity contribution in [3.63, 3.8) is 0 Å². The molecule has 0 radical (unpaired) electrons. The Morgan fingerprint density at radius 1 is 1.19 bits per heavy atom. The molecular formula is C23H27ClN4O2S. The number of anilines is 1. The lowest BCUT2D eigenvalue weighted by molar-refractivity contribution is -0.133. The largest absolute Gasteiger partial charge is 0.333 e. The number of nitrogens with one attached hydrogen (secondary N) is 1. The first-order chi connectivity index (χ1) is 14.7. The van der Waals surface area contributed by atoms with Crippen molar-refractivity contribution in [2.45, 2.75) is 39.5 Å². The summed E-state index contributed by atoms with van der Waals surface area (Å²) < 4.78 is 1.69. The Kier molecular flexibility index (Phi) is 7.18. The van der Waals surface area contributed by atoms with E-state index < -0.39 is 0 Å². The van der Waals surface area contributed by atoms with Crippen LogP contribution in [-0.2, 0) is 21.4 Å². The van der Waals surface area contributed by atoms with Crippen LogP contribution >= 0.6 is 22.9 Å². The second-order valence-electron chi connectivity index (χ2n) is 8.27. The van der Waals surface area contributed by atoms with Crippen molar-refractivity contribution in [2.75, 3.05) is 18.4 Å². The number of thiophene rings is 1. The first kappa shape index (κ1) is 23.0. The van der Waals surface area contributed by atoms with Gasteiger partial charge in [-0.1, -0.05) is 38.4 Å². The van der Waals surface area contributed by atoms with Gasteiger partial charge in [-0.15, -0.1) is 11.3 Å². The van der Waals surface area contributed by atoms with Gasteiger partial charge >= 0.3 is 0 Å². The Morgan fingerprint density at radius 3 is 2.48 bits per heavy atom. The lowest BCUT2D eigenvalue weighted by atomic mass is 9.92. The molecule has 164 valence electrons. The van der Waals surface area contributed by atoms with Crippen molar-refractivity contribution < 1.29 is 9.59 Å². The van der Waals surface area contributed by atoms with E-state index in [9.17, 15) is 9.59 Å². The molecule has 0 saturated heterocycles. The van der Waals surface area contributed by atoms with E-state index in [-0.39, 0.29) is 23.8 Å². The fourth-order valence-corrected chi connectivity index (χ4v) is 3.84. The quantitative estimate of drug-likeness (QED) is 0.546. The van der Waals surface area contributed by atoms with Crippen LogP contribution in [0.4, 0.5) is 5.82 Å². The molecule has 0 saturated carbocycles. The van der Waals surface area contributed by atoms with Crippen molar-refractivity contribution in [3.05, 3.63) is 63.4 Å². The molecule has 6 nitrogen and oxygen atoms in total. The van der Waals surface area contributed by atoms with E-state index >= 15 is 0 Å². The average Bonchev–Trinajstić information content (AvgIpc) is 3.36. The summed E-state index contributed by atoms with van der Waals surface area (Å²) in [4.78, 5) is 28.0. The molecule has 0 aliphatic carbocycles. The van der Waals surface area contributed by atoms with Gasteiger partial charge in [-0.3, -0.25) is 9.59 Å². The molecule has 0 fully saturated rings. The molecule has 1 aromatic carbocycles. The Morgan fingerprint density at radius 2 is 1.90 bits per heavy atom. The molecule has 3 rings (SSSR count). The highest BCUT2D eigenvalue weighted by Gasteiger charge is 2.23. The number of amides is 2. The van der Waals surface area contributed by atoms with Crippen LogP contribution in [0.3, 0.4) is 0 Å². The Labute approximate surface area is 191 Å². The highest BCUT2D eigenvalue weighted by atomic mass is 35.5. The molecule has 0 bridgehead atoms. The smallest absolute Gasteiger partial charge is 0.245 e. The normalized spacial score (nSPS) is 11.4. The van der Waals surface area contributed by atoms with E-state index in [1.807, 2.05) is 42.6 Å². The molecule has 2 amide bonds. The van der Waals surface area contributed by atoms with Gasteiger partial charge in [0.1, 0.15) is 5.82 Å². The minimum atomic E-state index is -0.267. The summed E-state index contributed by atoms with van der Waals surface area (Å²) in [6, 6.07) is 13.0. The van der Waals surface area contributed by atoms with Crippen molar-refractivity contribution in [2.24, 2.45) is 0 Å². The molecule has 0 spiro atoms. The maximum atomic E-state index is 12.8. The number of hydrogen-bond donors (Lipinski definition) is 1. The van der Waals surface area contributed by atoms with E-state index in [1.165, 1.54) is 11.3 Å². The lowest BCUT2D eigenvalue weighted by Gasteiger charge is -2.20. The van der Waals surface area contributed by atoms with Crippen molar-refractivity contribution in [1.29, 1.82) is 0 Å². The first-order valence-electron chi connectivity index (χ1n) is 10.1. The van der Waals surface area contributed by atoms with E-state index in [1.54, 1.807) is 21.7 Å². The maximum Gasteiger partial charge on any atom is 0.245 e. The zero-order chi connectivity index (χ0) is 22.6. The predicted octanol–water partition coefficient (Wildman–Crippen LogP) is 4.91. The average molecular weight is 459 g/mol. The monoisotopic (exact) mass is 458 g/mol. The number of carbonyl (C=O) groups is 2. The Hall–Kier alpha value is -2.64. The summed E-state index contributed by atoms with van der Waals surface area (Å²) in [7, 11) is 0. The van der Waals surface area contributed by atoms with Gasteiger partial charge in [0.15, 0.2) is 0 Å². The number of benzene rings is 1. The highest BCUT2D eigenvalue weighted by molar-refractivity contribution is 7.10. The summed E-state index contributed by atoms with van der Waals surface area (Å²) in [6.07, 6.45) is 0.301. The summed E-state index contributed by atoms with van der Waals surface area (Å²) >= 11 is 7.56. The summed E-state index contributed by atoms with van der Waals surface area (Å²) in [6.45, 7) is 8.51. The number of hydrogen-bond acceptors (Lipinski definition) is 4. The van der Waals surface area contributed by atoms with Gasteiger partial charge in [-0.25, -0.2) is 4.68 Å². The Bertz CT molecular complexity index is 1040. The maximum absolute atomic E-state index is 12.8.